The number of nitro groups is 1. The Labute approximate surface area is 114 Å². The highest BCUT2D eigenvalue weighted by molar-refractivity contribution is 6.31. The number of carbonyl (C=O) groups excluding carboxylic acids is 2. The van der Waals surface area contributed by atoms with E-state index in [0.717, 1.165) is 4.90 Å². The second-order valence-corrected chi connectivity index (χ2v) is 4.67. The van der Waals surface area contributed by atoms with Gasteiger partial charge in [0.05, 0.1) is 11.5 Å². The summed E-state index contributed by atoms with van der Waals surface area (Å²) in [5.41, 5.74) is 0.288. The predicted octanol–water partition coefficient (Wildman–Crippen LogP) is 2.29. The van der Waals surface area contributed by atoms with E-state index >= 15 is 0 Å². The molecule has 0 radical (unpaired) electrons. The summed E-state index contributed by atoms with van der Waals surface area (Å²) in [6.45, 7) is -0.0157. The van der Waals surface area contributed by atoms with Crippen molar-refractivity contribution in [3.63, 3.8) is 0 Å². The number of imide groups is 1. The molecule has 1 aliphatic heterocycles. The molecule has 2 rings (SSSR count). The van der Waals surface area contributed by atoms with E-state index in [0.29, 0.717) is 29.8 Å². The van der Waals surface area contributed by atoms with Crippen LogP contribution < -0.4 is 0 Å². The zero-order valence-corrected chi connectivity index (χ0v) is 10.7. The summed E-state index contributed by atoms with van der Waals surface area (Å²) < 4.78 is 0. The molecule has 1 aromatic carbocycles. The lowest BCUT2D eigenvalue weighted by Gasteiger charge is -2.25. The maximum atomic E-state index is 11.7. The molecule has 1 heterocycles. The van der Waals surface area contributed by atoms with Crippen LogP contribution >= 0.6 is 11.6 Å². The minimum absolute atomic E-state index is 0.0157. The Hall–Kier alpha value is -1.95. The first kappa shape index (κ1) is 13.5. The van der Waals surface area contributed by atoms with Gasteiger partial charge in [0.2, 0.25) is 11.8 Å². The van der Waals surface area contributed by atoms with E-state index in [4.69, 9.17) is 11.6 Å². The minimum Gasteiger partial charge on any atom is -0.278 e. The van der Waals surface area contributed by atoms with Crippen LogP contribution in [0.25, 0.3) is 0 Å². The van der Waals surface area contributed by atoms with Gasteiger partial charge in [0, 0.05) is 30.0 Å². The summed E-state index contributed by atoms with van der Waals surface area (Å²) in [7, 11) is 0. The van der Waals surface area contributed by atoms with Crippen LogP contribution in [0.1, 0.15) is 24.8 Å². The number of carbonyl (C=O) groups is 2. The molecule has 0 atom stereocenters. The van der Waals surface area contributed by atoms with Crippen molar-refractivity contribution in [2.24, 2.45) is 0 Å². The molecule has 0 spiro atoms. The number of rotatable bonds is 3. The Morgan fingerprint density at radius 1 is 1.26 bits per heavy atom. The Bertz CT molecular complexity index is 543. The second kappa shape index (κ2) is 5.36. The lowest BCUT2D eigenvalue weighted by Crippen LogP contribution is -2.39. The average molecular weight is 283 g/mol. The van der Waals surface area contributed by atoms with Gasteiger partial charge in [-0.05, 0) is 18.1 Å². The highest BCUT2D eigenvalue weighted by atomic mass is 35.5. The summed E-state index contributed by atoms with van der Waals surface area (Å²) in [6.07, 6.45) is 1.19. The third-order valence-electron chi connectivity index (χ3n) is 2.95. The van der Waals surface area contributed by atoms with Crippen LogP contribution in [0.2, 0.25) is 5.02 Å². The fourth-order valence-corrected chi connectivity index (χ4v) is 2.12. The van der Waals surface area contributed by atoms with Crippen LogP contribution in [0.3, 0.4) is 0 Å². The van der Waals surface area contributed by atoms with Crippen LogP contribution in [0.15, 0.2) is 18.2 Å². The van der Waals surface area contributed by atoms with Gasteiger partial charge in [0.1, 0.15) is 0 Å². The monoisotopic (exact) mass is 282 g/mol. The lowest BCUT2D eigenvalue weighted by molar-refractivity contribution is -0.384. The molecular formula is C12H11ClN2O4. The molecule has 0 unspecified atom stereocenters. The lowest BCUT2D eigenvalue weighted by atomic mass is 10.1. The molecule has 1 aliphatic rings. The Morgan fingerprint density at radius 3 is 2.47 bits per heavy atom. The zero-order chi connectivity index (χ0) is 14.0. The van der Waals surface area contributed by atoms with Crippen LogP contribution in [0.5, 0.6) is 0 Å². The molecule has 1 saturated heterocycles. The van der Waals surface area contributed by atoms with Crippen molar-refractivity contribution in [3.8, 4) is 0 Å². The van der Waals surface area contributed by atoms with Crippen molar-refractivity contribution in [2.75, 3.05) is 0 Å². The van der Waals surface area contributed by atoms with Crippen LogP contribution in [0.4, 0.5) is 5.69 Å². The van der Waals surface area contributed by atoms with Crippen molar-refractivity contribution in [1.82, 2.24) is 4.90 Å². The van der Waals surface area contributed by atoms with E-state index < -0.39 is 4.92 Å². The summed E-state index contributed by atoms with van der Waals surface area (Å²) in [5, 5.41) is 11.0. The van der Waals surface area contributed by atoms with Gasteiger partial charge in [-0.25, -0.2) is 0 Å². The quantitative estimate of drug-likeness (QED) is 0.484. The van der Waals surface area contributed by atoms with Crippen molar-refractivity contribution in [2.45, 2.75) is 25.8 Å². The minimum atomic E-state index is -0.542. The molecule has 0 bridgehead atoms. The number of nitro benzene ring substituents is 1. The van der Waals surface area contributed by atoms with E-state index in [1.165, 1.54) is 18.2 Å². The van der Waals surface area contributed by atoms with Gasteiger partial charge in [0.15, 0.2) is 0 Å². The van der Waals surface area contributed by atoms with E-state index in [-0.39, 0.29) is 24.0 Å². The molecule has 100 valence electrons. The third kappa shape index (κ3) is 2.90. The molecule has 7 heteroatoms. The van der Waals surface area contributed by atoms with Gasteiger partial charge in [-0.15, -0.1) is 0 Å². The van der Waals surface area contributed by atoms with E-state index in [1.807, 2.05) is 0 Å². The van der Waals surface area contributed by atoms with E-state index in [1.54, 1.807) is 0 Å². The summed E-state index contributed by atoms with van der Waals surface area (Å²) in [6, 6.07) is 3.97. The van der Waals surface area contributed by atoms with Gasteiger partial charge in [-0.3, -0.25) is 24.6 Å². The normalized spacial score (nSPS) is 15.7. The van der Waals surface area contributed by atoms with E-state index in [9.17, 15) is 19.7 Å². The van der Waals surface area contributed by atoms with Crippen molar-refractivity contribution >= 4 is 29.1 Å². The Morgan fingerprint density at radius 2 is 1.89 bits per heavy atom. The molecule has 2 amide bonds. The largest absolute Gasteiger partial charge is 0.278 e. The molecular weight excluding hydrogens is 272 g/mol. The zero-order valence-electron chi connectivity index (χ0n) is 9.97. The summed E-state index contributed by atoms with van der Waals surface area (Å²) in [5.74, 6) is -0.530. The number of halogens is 1. The van der Waals surface area contributed by atoms with E-state index in [2.05, 4.69) is 0 Å². The maximum absolute atomic E-state index is 11.7. The fourth-order valence-electron chi connectivity index (χ4n) is 1.94. The Kier molecular flexibility index (Phi) is 3.80. The van der Waals surface area contributed by atoms with Gasteiger partial charge >= 0.3 is 0 Å². The number of non-ortho nitro benzene ring substituents is 1. The number of hydrogen-bond acceptors (Lipinski definition) is 4. The van der Waals surface area contributed by atoms with Crippen LogP contribution in [0, 0.1) is 10.1 Å². The maximum Gasteiger partial charge on any atom is 0.269 e. The standard InChI is InChI=1S/C12H11ClN2O4/c13-10-5-4-9(15(18)19)6-8(10)7-14-11(16)2-1-3-12(14)17/h4-6H,1-3,7H2. The fraction of sp³-hybridized carbons (Fsp3) is 0.333. The molecule has 0 aromatic heterocycles. The van der Waals surface area contributed by atoms with Gasteiger partial charge in [0.25, 0.3) is 5.69 Å². The van der Waals surface area contributed by atoms with Crippen LogP contribution in [-0.2, 0) is 16.1 Å². The van der Waals surface area contributed by atoms with Crippen molar-refractivity contribution in [1.29, 1.82) is 0 Å². The molecule has 0 saturated carbocycles. The summed E-state index contributed by atoms with van der Waals surface area (Å²) >= 11 is 5.94. The summed E-state index contributed by atoms with van der Waals surface area (Å²) in [4.78, 5) is 34.6. The molecule has 1 aromatic rings. The number of nitrogens with zero attached hydrogens (tertiary/aromatic N) is 2. The number of likely N-dealkylation sites (tertiary alicyclic amines) is 1. The highest BCUT2D eigenvalue weighted by Gasteiger charge is 2.26. The van der Waals surface area contributed by atoms with Crippen molar-refractivity contribution in [3.05, 3.63) is 38.9 Å². The third-order valence-corrected chi connectivity index (χ3v) is 3.32. The number of amides is 2. The molecule has 0 N–H and O–H groups in total. The number of hydrogen-bond donors (Lipinski definition) is 0. The topological polar surface area (TPSA) is 80.5 Å². The smallest absolute Gasteiger partial charge is 0.269 e. The number of piperidine rings is 1. The molecule has 6 nitrogen and oxygen atoms in total. The van der Waals surface area contributed by atoms with Crippen molar-refractivity contribution < 1.29 is 14.5 Å². The van der Waals surface area contributed by atoms with Gasteiger partial charge in [-0.1, -0.05) is 11.6 Å². The predicted molar refractivity (Wildman–Crippen MR) is 67.5 cm³/mol. The Balaban J connectivity index is 2.27. The van der Waals surface area contributed by atoms with Crippen LogP contribution in [-0.4, -0.2) is 21.6 Å². The molecule has 19 heavy (non-hydrogen) atoms. The SMILES string of the molecule is O=C1CCCC(=O)N1Cc1cc([N+](=O)[O-])ccc1Cl. The molecule has 0 aliphatic carbocycles. The first-order valence-corrected chi connectivity index (χ1v) is 6.13. The second-order valence-electron chi connectivity index (χ2n) is 4.26. The molecule has 1 fully saturated rings. The highest BCUT2D eigenvalue weighted by Crippen LogP contribution is 2.25. The first-order chi connectivity index (χ1) is 8.99. The average Bonchev–Trinajstić information content (AvgIpc) is 2.35. The first-order valence-electron chi connectivity index (χ1n) is 5.75. The number of benzene rings is 1. The van der Waals surface area contributed by atoms with Gasteiger partial charge in [-0.2, -0.15) is 0 Å². The van der Waals surface area contributed by atoms with Gasteiger partial charge < -0.3 is 0 Å².